The minimum absolute atomic E-state index is 0.0237. The van der Waals surface area contributed by atoms with Crippen molar-refractivity contribution in [3.8, 4) is 0 Å². The van der Waals surface area contributed by atoms with Crippen LogP contribution < -0.4 is 4.90 Å². The van der Waals surface area contributed by atoms with Crippen LogP contribution in [0.4, 0.5) is 24.5 Å². The minimum Gasteiger partial charge on any atom is -0.370 e. The van der Waals surface area contributed by atoms with Crippen molar-refractivity contribution in [2.45, 2.75) is 12.3 Å². The third-order valence-corrected chi connectivity index (χ3v) is 4.99. The molecule has 1 aliphatic heterocycles. The molecule has 0 N–H and O–H groups in total. The summed E-state index contributed by atoms with van der Waals surface area (Å²) in [4.78, 5) is 16.9. The van der Waals surface area contributed by atoms with Crippen LogP contribution in [-0.2, 0) is 10.9 Å². The minimum atomic E-state index is -4.39. The van der Waals surface area contributed by atoms with E-state index in [0.29, 0.717) is 36.0 Å². The van der Waals surface area contributed by atoms with E-state index in [-0.39, 0.29) is 5.69 Å². The number of benzene rings is 2. The highest BCUT2D eigenvalue weighted by molar-refractivity contribution is 5.99. The third-order valence-electron chi connectivity index (χ3n) is 4.99. The van der Waals surface area contributed by atoms with Gasteiger partial charge in [0.2, 0.25) is 0 Å². The van der Waals surface area contributed by atoms with E-state index in [2.05, 4.69) is 4.98 Å². The van der Waals surface area contributed by atoms with Gasteiger partial charge in [0.05, 0.1) is 22.5 Å². The Morgan fingerprint density at radius 2 is 1.86 bits per heavy atom. The lowest BCUT2D eigenvalue weighted by atomic mass is 10.0. The van der Waals surface area contributed by atoms with E-state index in [4.69, 9.17) is 4.74 Å². The first kappa shape index (κ1) is 19.1. The van der Waals surface area contributed by atoms with Crippen molar-refractivity contribution in [2.75, 3.05) is 24.6 Å². The number of alkyl halides is 3. The molecule has 1 unspecified atom stereocenters. The summed E-state index contributed by atoms with van der Waals surface area (Å²) >= 11 is 0. The monoisotopic (exact) mass is 403 g/mol. The molecule has 0 spiro atoms. The Morgan fingerprint density at radius 1 is 1.10 bits per heavy atom. The molecule has 3 aromatic rings. The summed E-state index contributed by atoms with van der Waals surface area (Å²) in [7, 11) is 0. The van der Waals surface area contributed by atoms with E-state index in [0.717, 1.165) is 17.8 Å². The number of nitro benzene ring substituents is 1. The normalized spacial score (nSPS) is 17.5. The quantitative estimate of drug-likeness (QED) is 0.467. The van der Waals surface area contributed by atoms with Crippen LogP contribution >= 0.6 is 0 Å². The van der Waals surface area contributed by atoms with Crippen molar-refractivity contribution < 1.29 is 22.8 Å². The number of hydrogen-bond acceptors (Lipinski definition) is 5. The lowest BCUT2D eigenvalue weighted by molar-refractivity contribution is -0.383. The molecule has 1 aliphatic rings. The Labute approximate surface area is 163 Å². The second-order valence-corrected chi connectivity index (χ2v) is 6.71. The van der Waals surface area contributed by atoms with E-state index in [9.17, 15) is 23.3 Å². The Balaban J connectivity index is 1.64. The van der Waals surface area contributed by atoms with Gasteiger partial charge in [-0.1, -0.05) is 12.1 Å². The summed E-state index contributed by atoms with van der Waals surface area (Å²) in [6.07, 6.45) is -1.75. The zero-order valence-electron chi connectivity index (χ0n) is 15.1. The number of rotatable bonds is 3. The molecular formula is C20H16F3N3O3. The van der Waals surface area contributed by atoms with Gasteiger partial charge in [0.25, 0.3) is 5.69 Å². The third kappa shape index (κ3) is 3.73. The van der Waals surface area contributed by atoms with Crippen LogP contribution in [0.25, 0.3) is 10.8 Å². The molecule has 0 bridgehead atoms. The van der Waals surface area contributed by atoms with Gasteiger partial charge in [0.1, 0.15) is 6.10 Å². The standard InChI is InChI=1S/C20H16F3N3O3/c21-20(22,23)14-3-1-13(2-4-14)19-12-25(9-10-29-19)17-5-6-18(26(27)28)16-11-24-8-7-15(16)17/h1-8,11,19H,9-10,12H2. The number of aromatic nitrogens is 1. The van der Waals surface area contributed by atoms with Gasteiger partial charge in [-0.25, -0.2) is 0 Å². The summed E-state index contributed by atoms with van der Waals surface area (Å²) in [5.74, 6) is 0. The number of non-ortho nitro benzene ring substituents is 1. The summed E-state index contributed by atoms with van der Waals surface area (Å²) in [6, 6.07) is 9.80. The van der Waals surface area contributed by atoms with Crippen LogP contribution in [0.2, 0.25) is 0 Å². The fourth-order valence-electron chi connectivity index (χ4n) is 3.55. The van der Waals surface area contributed by atoms with Gasteiger partial charge in [-0.15, -0.1) is 0 Å². The van der Waals surface area contributed by atoms with Gasteiger partial charge in [-0.2, -0.15) is 13.2 Å². The Hall–Kier alpha value is -3.20. The number of fused-ring (bicyclic) bond motifs is 1. The maximum Gasteiger partial charge on any atom is 0.416 e. The second kappa shape index (κ2) is 7.32. The predicted molar refractivity (Wildman–Crippen MR) is 101 cm³/mol. The summed E-state index contributed by atoms with van der Waals surface area (Å²) < 4.78 is 44.1. The van der Waals surface area contributed by atoms with E-state index < -0.39 is 22.8 Å². The molecule has 1 fully saturated rings. The molecule has 2 heterocycles. The Bertz CT molecular complexity index is 1050. The van der Waals surface area contributed by atoms with Gasteiger partial charge in [-0.3, -0.25) is 15.1 Å². The van der Waals surface area contributed by atoms with Crippen molar-refractivity contribution in [1.29, 1.82) is 0 Å². The largest absolute Gasteiger partial charge is 0.416 e. The molecular weight excluding hydrogens is 387 g/mol. The van der Waals surface area contributed by atoms with Crippen LogP contribution in [-0.4, -0.2) is 29.6 Å². The van der Waals surface area contributed by atoms with Gasteiger partial charge in [-0.05, 0) is 29.8 Å². The average molecular weight is 403 g/mol. The molecule has 0 saturated carbocycles. The summed E-state index contributed by atoms with van der Waals surface area (Å²) in [6.45, 7) is 1.36. The SMILES string of the molecule is O=[N+]([O-])c1ccc(N2CCOC(c3ccc(C(F)(F)F)cc3)C2)c2ccncc12. The number of nitrogens with zero attached hydrogens (tertiary/aromatic N) is 3. The highest BCUT2D eigenvalue weighted by atomic mass is 19.4. The molecule has 6 nitrogen and oxygen atoms in total. The first-order chi connectivity index (χ1) is 13.8. The van der Waals surface area contributed by atoms with E-state index >= 15 is 0 Å². The van der Waals surface area contributed by atoms with E-state index in [1.807, 2.05) is 4.90 Å². The van der Waals surface area contributed by atoms with Gasteiger partial charge >= 0.3 is 6.18 Å². The highest BCUT2D eigenvalue weighted by Crippen LogP contribution is 2.36. The van der Waals surface area contributed by atoms with Crippen molar-refractivity contribution in [1.82, 2.24) is 4.98 Å². The van der Waals surface area contributed by atoms with Crippen LogP contribution in [0.1, 0.15) is 17.2 Å². The Morgan fingerprint density at radius 3 is 2.55 bits per heavy atom. The molecule has 2 aromatic carbocycles. The van der Waals surface area contributed by atoms with Gasteiger partial charge in [0, 0.05) is 42.6 Å². The maximum absolute atomic E-state index is 12.8. The number of nitro groups is 1. The fourth-order valence-corrected chi connectivity index (χ4v) is 3.55. The van der Waals surface area contributed by atoms with Crippen LogP contribution in [0.5, 0.6) is 0 Å². The molecule has 1 aromatic heterocycles. The van der Waals surface area contributed by atoms with Gasteiger partial charge in [0.15, 0.2) is 0 Å². The van der Waals surface area contributed by atoms with Crippen molar-refractivity contribution in [3.05, 3.63) is 76.1 Å². The van der Waals surface area contributed by atoms with E-state index in [1.165, 1.54) is 24.4 Å². The zero-order valence-corrected chi connectivity index (χ0v) is 15.1. The summed E-state index contributed by atoms with van der Waals surface area (Å²) in [5.41, 5.74) is 0.718. The second-order valence-electron chi connectivity index (χ2n) is 6.71. The molecule has 9 heteroatoms. The number of anilines is 1. The smallest absolute Gasteiger partial charge is 0.370 e. The zero-order chi connectivity index (χ0) is 20.6. The molecule has 0 aliphatic carbocycles. The summed E-state index contributed by atoms with van der Waals surface area (Å²) in [5, 5.41) is 12.4. The Kier molecular flexibility index (Phi) is 4.83. The van der Waals surface area contributed by atoms with Crippen LogP contribution in [0.15, 0.2) is 54.9 Å². The number of ether oxygens (including phenoxy) is 1. The first-order valence-electron chi connectivity index (χ1n) is 8.89. The topological polar surface area (TPSA) is 68.5 Å². The molecule has 0 radical (unpaired) electrons. The van der Waals surface area contributed by atoms with Gasteiger partial charge < -0.3 is 9.64 Å². The number of hydrogen-bond donors (Lipinski definition) is 0. The lowest BCUT2D eigenvalue weighted by Gasteiger charge is -2.35. The molecule has 1 atom stereocenters. The van der Waals surface area contributed by atoms with Crippen LogP contribution in [0.3, 0.4) is 0 Å². The average Bonchev–Trinajstić information content (AvgIpc) is 2.72. The first-order valence-corrected chi connectivity index (χ1v) is 8.89. The number of pyridine rings is 1. The van der Waals surface area contributed by atoms with Crippen molar-refractivity contribution in [3.63, 3.8) is 0 Å². The number of halogens is 3. The van der Waals surface area contributed by atoms with Crippen LogP contribution in [0, 0.1) is 10.1 Å². The van der Waals surface area contributed by atoms with Crippen molar-refractivity contribution >= 4 is 22.1 Å². The molecule has 150 valence electrons. The predicted octanol–water partition coefficient (Wildman–Crippen LogP) is 4.74. The molecule has 1 saturated heterocycles. The lowest BCUT2D eigenvalue weighted by Crippen LogP contribution is -2.38. The maximum atomic E-state index is 12.8. The molecule has 0 amide bonds. The molecule has 29 heavy (non-hydrogen) atoms. The fraction of sp³-hybridized carbons (Fsp3) is 0.250. The molecule has 4 rings (SSSR count). The highest BCUT2D eigenvalue weighted by Gasteiger charge is 2.31. The number of morpholine rings is 1. The van der Waals surface area contributed by atoms with Crippen molar-refractivity contribution in [2.24, 2.45) is 0 Å². The van der Waals surface area contributed by atoms with E-state index in [1.54, 1.807) is 18.3 Å².